The van der Waals surface area contributed by atoms with Gasteiger partial charge in [0.05, 0.1) is 5.69 Å². The van der Waals surface area contributed by atoms with Gasteiger partial charge in [-0.15, -0.1) is 0 Å². The summed E-state index contributed by atoms with van der Waals surface area (Å²) in [5, 5.41) is 0. The van der Waals surface area contributed by atoms with Crippen LogP contribution in [0.25, 0.3) is 0 Å². The summed E-state index contributed by atoms with van der Waals surface area (Å²) in [4.78, 5) is 9.47. The van der Waals surface area contributed by atoms with Crippen molar-refractivity contribution in [1.82, 2.24) is 5.48 Å². The number of para-hydroxylation sites is 1. The third-order valence-corrected chi connectivity index (χ3v) is 1.73. The summed E-state index contributed by atoms with van der Waals surface area (Å²) < 4.78 is 0. The lowest BCUT2D eigenvalue weighted by Crippen LogP contribution is -2.18. The summed E-state index contributed by atoms with van der Waals surface area (Å²) in [6.07, 6.45) is 0. The van der Waals surface area contributed by atoms with Crippen LogP contribution in [0.4, 0.5) is 5.69 Å². The van der Waals surface area contributed by atoms with E-state index in [2.05, 4.69) is 10.5 Å². The molecule has 1 heterocycles. The molecule has 1 aromatic rings. The highest BCUT2D eigenvalue weighted by Gasteiger charge is 2.05. The molecule has 2 rings (SSSR count). The van der Waals surface area contributed by atoms with Gasteiger partial charge in [-0.1, -0.05) is 18.2 Å². The quantitative estimate of drug-likeness (QED) is 0.630. The molecule has 0 saturated heterocycles. The van der Waals surface area contributed by atoms with Crippen LogP contribution >= 0.6 is 0 Å². The second-order valence-corrected chi connectivity index (χ2v) is 2.72. The average molecular weight is 162 g/mol. The summed E-state index contributed by atoms with van der Waals surface area (Å²) in [6, 6.07) is 7.95. The third-order valence-electron chi connectivity index (χ3n) is 1.73. The number of amidine groups is 1. The van der Waals surface area contributed by atoms with E-state index in [4.69, 9.17) is 4.84 Å². The number of aliphatic imine (C=N–C) groups is 1. The minimum atomic E-state index is 0.566. The molecule has 0 fully saturated rings. The van der Waals surface area contributed by atoms with Crippen molar-refractivity contribution < 1.29 is 4.84 Å². The number of nitrogens with zero attached hydrogens (tertiary/aromatic N) is 1. The van der Waals surface area contributed by atoms with E-state index in [1.165, 1.54) is 0 Å². The summed E-state index contributed by atoms with van der Waals surface area (Å²) in [7, 11) is 0. The van der Waals surface area contributed by atoms with E-state index in [-0.39, 0.29) is 0 Å². The van der Waals surface area contributed by atoms with E-state index in [1.54, 1.807) is 0 Å². The van der Waals surface area contributed by atoms with Gasteiger partial charge in [0.1, 0.15) is 12.4 Å². The number of hydroxylamine groups is 1. The monoisotopic (exact) mass is 162 g/mol. The molecule has 0 amide bonds. The van der Waals surface area contributed by atoms with Crippen molar-refractivity contribution in [2.45, 2.75) is 13.5 Å². The van der Waals surface area contributed by atoms with E-state index in [9.17, 15) is 0 Å². The van der Waals surface area contributed by atoms with E-state index in [0.29, 0.717) is 6.61 Å². The normalized spacial score (nSPS) is 15.6. The largest absolute Gasteiger partial charge is 0.270 e. The van der Waals surface area contributed by atoms with Gasteiger partial charge in [-0.3, -0.25) is 10.3 Å². The standard InChI is InChI=1S/C9H10N2O/c1-7-10-9-5-3-2-4-8(9)6-12-11-7/h2-5H,6H2,1H3,(H,10,11). The van der Waals surface area contributed by atoms with Crippen molar-refractivity contribution in [2.75, 3.05) is 0 Å². The number of hydrogen-bond acceptors (Lipinski definition) is 3. The van der Waals surface area contributed by atoms with E-state index in [1.807, 2.05) is 31.2 Å². The summed E-state index contributed by atoms with van der Waals surface area (Å²) in [5.41, 5.74) is 4.84. The molecule has 62 valence electrons. The Kier molecular flexibility index (Phi) is 1.80. The molecule has 0 spiro atoms. The predicted molar refractivity (Wildman–Crippen MR) is 47.1 cm³/mol. The summed E-state index contributed by atoms with van der Waals surface area (Å²) >= 11 is 0. The maximum atomic E-state index is 5.15. The van der Waals surface area contributed by atoms with Gasteiger partial charge in [-0.25, -0.2) is 4.99 Å². The molecular formula is C9H10N2O. The number of hydrogen-bond donors (Lipinski definition) is 1. The van der Waals surface area contributed by atoms with Crippen LogP contribution in [0.15, 0.2) is 29.3 Å². The molecule has 0 aliphatic carbocycles. The van der Waals surface area contributed by atoms with E-state index < -0.39 is 0 Å². The van der Waals surface area contributed by atoms with E-state index in [0.717, 1.165) is 17.1 Å². The van der Waals surface area contributed by atoms with Gasteiger partial charge in [-0.05, 0) is 13.0 Å². The molecule has 3 heteroatoms. The number of rotatable bonds is 0. The Hall–Kier alpha value is -1.35. The Morgan fingerprint density at radius 2 is 2.25 bits per heavy atom. The predicted octanol–water partition coefficient (Wildman–Crippen LogP) is 1.77. The molecule has 0 atom stereocenters. The first-order chi connectivity index (χ1) is 5.86. The average Bonchev–Trinajstić information content (AvgIpc) is 2.25. The number of benzene rings is 1. The maximum Gasteiger partial charge on any atom is 0.123 e. The summed E-state index contributed by atoms with van der Waals surface area (Å²) in [6.45, 7) is 2.44. The molecule has 0 radical (unpaired) electrons. The zero-order valence-electron chi connectivity index (χ0n) is 6.87. The third kappa shape index (κ3) is 1.31. The van der Waals surface area contributed by atoms with Crippen LogP contribution in [0.2, 0.25) is 0 Å². The first-order valence-electron chi connectivity index (χ1n) is 3.87. The molecule has 0 bridgehead atoms. The van der Waals surface area contributed by atoms with Crippen molar-refractivity contribution >= 4 is 11.5 Å². The van der Waals surface area contributed by atoms with Crippen LogP contribution in [0.5, 0.6) is 0 Å². The highest BCUT2D eigenvalue weighted by molar-refractivity contribution is 5.82. The maximum absolute atomic E-state index is 5.15. The van der Waals surface area contributed by atoms with Crippen LogP contribution in [-0.4, -0.2) is 5.84 Å². The Bertz CT molecular complexity index is 320. The van der Waals surface area contributed by atoms with Gasteiger partial charge in [0.2, 0.25) is 0 Å². The van der Waals surface area contributed by atoms with Gasteiger partial charge in [0, 0.05) is 5.56 Å². The fraction of sp³-hybridized carbons (Fsp3) is 0.222. The fourth-order valence-electron chi connectivity index (χ4n) is 1.16. The zero-order valence-corrected chi connectivity index (χ0v) is 6.87. The molecule has 1 N–H and O–H groups in total. The van der Waals surface area contributed by atoms with Crippen molar-refractivity contribution in [3.8, 4) is 0 Å². The van der Waals surface area contributed by atoms with Gasteiger partial charge in [0.25, 0.3) is 0 Å². The van der Waals surface area contributed by atoms with Gasteiger partial charge in [0.15, 0.2) is 0 Å². The minimum absolute atomic E-state index is 0.566. The Morgan fingerprint density at radius 1 is 1.42 bits per heavy atom. The fourth-order valence-corrected chi connectivity index (χ4v) is 1.16. The zero-order chi connectivity index (χ0) is 8.39. The van der Waals surface area contributed by atoms with Crippen LogP contribution in [0, 0.1) is 0 Å². The molecule has 3 nitrogen and oxygen atoms in total. The first-order valence-corrected chi connectivity index (χ1v) is 3.87. The van der Waals surface area contributed by atoms with Crippen molar-refractivity contribution in [2.24, 2.45) is 4.99 Å². The highest BCUT2D eigenvalue weighted by atomic mass is 16.6. The number of nitrogens with one attached hydrogen (secondary N) is 1. The Labute approximate surface area is 71.0 Å². The van der Waals surface area contributed by atoms with Crippen molar-refractivity contribution in [3.63, 3.8) is 0 Å². The second kappa shape index (κ2) is 2.95. The van der Waals surface area contributed by atoms with Crippen LogP contribution in [0.3, 0.4) is 0 Å². The van der Waals surface area contributed by atoms with E-state index >= 15 is 0 Å². The SMILES string of the molecule is CC1=Nc2ccccc2CON1. The number of fused-ring (bicyclic) bond motifs is 1. The smallest absolute Gasteiger partial charge is 0.123 e. The van der Waals surface area contributed by atoms with Crippen LogP contribution in [0.1, 0.15) is 12.5 Å². The van der Waals surface area contributed by atoms with Crippen LogP contribution in [-0.2, 0) is 11.4 Å². The Balaban J connectivity index is 2.47. The van der Waals surface area contributed by atoms with Gasteiger partial charge in [-0.2, -0.15) is 0 Å². The lowest BCUT2D eigenvalue weighted by molar-refractivity contribution is 0.0730. The molecule has 0 aromatic heterocycles. The molecule has 0 unspecified atom stereocenters. The Morgan fingerprint density at radius 3 is 3.17 bits per heavy atom. The molecule has 1 aliphatic heterocycles. The molecular weight excluding hydrogens is 152 g/mol. The van der Waals surface area contributed by atoms with Crippen LogP contribution < -0.4 is 5.48 Å². The molecule has 1 aromatic carbocycles. The van der Waals surface area contributed by atoms with Gasteiger partial charge < -0.3 is 0 Å². The summed E-state index contributed by atoms with van der Waals surface area (Å²) in [5.74, 6) is 0.792. The lowest BCUT2D eigenvalue weighted by atomic mass is 10.2. The lowest BCUT2D eigenvalue weighted by Gasteiger charge is -2.00. The topological polar surface area (TPSA) is 33.6 Å². The molecule has 12 heavy (non-hydrogen) atoms. The van der Waals surface area contributed by atoms with Crippen molar-refractivity contribution in [3.05, 3.63) is 29.8 Å². The van der Waals surface area contributed by atoms with Crippen molar-refractivity contribution in [1.29, 1.82) is 0 Å². The second-order valence-electron chi connectivity index (χ2n) is 2.72. The first kappa shape index (κ1) is 7.31. The minimum Gasteiger partial charge on any atom is -0.270 e. The molecule has 0 saturated carbocycles. The highest BCUT2D eigenvalue weighted by Crippen LogP contribution is 2.20. The molecule has 1 aliphatic rings. The van der Waals surface area contributed by atoms with Gasteiger partial charge >= 0.3 is 0 Å².